The van der Waals surface area contributed by atoms with Crippen LogP contribution in [0.3, 0.4) is 0 Å². The van der Waals surface area contributed by atoms with E-state index in [1.165, 1.54) is 0 Å². The lowest BCUT2D eigenvalue weighted by molar-refractivity contribution is -0.173. The third-order valence-corrected chi connectivity index (χ3v) is 11.5. The van der Waals surface area contributed by atoms with Crippen molar-refractivity contribution in [2.45, 2.75) is 98.5 Å². The Balaban J connectivity index is 1.52. The van der Waals surface area contributed by atoms with Gasteiger partial charge in [0, 0.05) is 17.8 Å². The summed E-state index contributed by atoms with van der Waals surface area (Å²) in [6, 6.07) is 0. The molecule has 198 valence electrons. The van der Waals surface area contributed by atoms with Crippen molar-refractivity contribution in [1.82, 2.24) is 5.32 Å². The summed E-state index contributed by atoms with van der Waals surface area (Å²) >= 11 is 0. The normalized spacial score (nSPS) is 44.5. The molecule has 0 bridgehead atoms. The van der Waals surface area contributed by atoms with Gasteiger partial charge in [-0.1, -0.05) is 34.6 Å². The topological polar surface area (TPSA) is 104 Å². The van der Waals surface area contributed by atoms with Gasteiger partial charge in [0.2, 0.25) is 5.91 Å². The molecule has 35 heavy (non-hydrogen) atoms. The van der Waals surface area contributed by atoms with E-state index in [-0.39, 0.29) is 47.1 Å². The maximum absolute atomic E-state index is 14.1. The van der Waals surface area contributed by atoms with Gasteiger partial charge < -0.3 is 15.5 Å². The Morgan fingerprint density at radius 2 is 1.69 bits per heavy atom. The summed E-state index contributed by atoms with van der Waals surface area (Å²) in [6.07, 6.45) is 8.50. The van der Waals surface area contributed by atoms with Crippen LogP contribution in [0.1, 0.15) is 92.4 Å². The Morgan fingerprint density at radius 3 is 2.34 bits per heavy atom. The number of carbonyl (C=O) groups excluding carboxylic acids is 2. The zero-order valence-corrected chi connectivity index (χ0v) is 22.4. The van der Waals surface area contributed by atoms with Crippen LogP contribution in [0.15, 0.2) is 0 Å². The molecular weight excluding hydrogens is 442 g/mol. The van der Waals surface area contributed by atoms with Crippen molar-refractivity contribution < 1.29 is 24.6 Å². The third-order valence-electron chi connectivity index (χ3n) is 11.5. The average Bonchev–Trinajstić information content (AvgIpc) is 3.16. The maximum Gasteiger partial charge on any atom is 0.322 e. The summed E-state index contributed by atoms with van der Waals surface area (Å²) < 4.78 is 0. The van der Waals surface area contributed by atoms with Gasteiger partial charge in [-0.2, -0.15) is 0 Å². The molecule has 1 amide bonds. The number of carboxylic acids is 1. The number of Topliss-reactive ketones (excluding diaryl/α,β-unsaturated/α-hetero) is 1. The molecule has 4 aliphatic rings. The molecule has 6 nitrogen and oxygen atoms in total. The molecule has 0 aromatic heterocycles. The van der Waals surface area contributed by atoms with Crippen LogP contribution in [0.25, 0.3) is 0 Å². The van der Waals surface area contributed by atoms with Gasteiger partial charge in [-0.3, -0.25) is 14.4 Å². The summed E-state index contributed by atoms with van der Waals surface area (Å²) in [4.78, 5) is 37.3. The fourth-order valence-corrected chi connectivity index (χ4v) is 9.78. The van der Waals surface area contributed by atoms with Crippen LogP contribution in [0.2, 0.25) is 0 Å². The highest BCUT2D eigenvalue weighted by molar-refractivity contribution is 5.86. The van der Waals surface area contributed by atoms with Gasteiger partial charge in [-0.15, -0.1) is 0 Å². The Morgan fingerprint density at radius 1 is 1.03 bits per heavy atom. The van der Waals surface area contributed by atoms with Crippen LogP contribution in [0, 0.1) is 58.2 Å². The quantitative estimate of drug-likeness (QED) is 0.482. The predicted octanol–water partition coefficient (Wildman–Crippen LogP) is 4.68. The number of amides is 1. The lowest BCUT2D eigenvalue weighted by Gasteiger charge is -2.62. The number of hydrogen-bond donors (Lipinski definition) is 3. The molecule has 0 saturated heterocycles. The Kier molecular flexibility index (Phi) is 7.45. The number of carbonyl (C=O) groups is 3. The van der Waals surface area contributed by atoms with Crippen molar-refractivity contribution in [3.8, 4) is 0 Å². The van der Waals surface area contributed by atoms with Crippen molar-refractivity contribution in [2.24, 2.45) is 58.2 Å². The van der Waals surface area contributed by atoms with Crippen molar-refractivity contribution in [1.29, 1.82) is 0 Å². The van der Waals surface area contributed by atoms with E-state index < -0.39 is 5.97 Å². The molecule has 0 spiro atoms. The summed E-state index contributed by atoms with van der Waals surface area (Å²) in [6.45, 7) is 10.8. The second-order valence-corrected chi connectivity index (χ2v) is 13.2. The van der Waals surface area contributed by atoms with E-state index in [1.54, 1.807) is 0 Å². The van der Waals surface area contributed by atoms with E-state index in [0.29, 0.717) is 35.4 Å². The number of rotatable bonds is 7. The zero-order chi connectivity index (χ0) is 25.7. The highest BCUT2D eigenvalue weighted by Crippen LogP contribution is 2.68. The van der Waals surface area contributed by atoms with Crippen molar-refractivity contribution in [3.05, 3.63) is 0 Å². The maximum atomic E-state index is 14.1. The Labute approximate surface area is 211 Å². The molecule has 0 aliphatic heterocycles. The second-order valence-electron chi connectivity index (χ2n) is 13.2. The number of aliphatic hydroxyl groups is 1. The monoisotopic (exact) mass is 489 g/mol. The van der Waals surface area contributed by atoms with Crippen LogP contribution in [-0.2, 0) is 14.4 Å². The van der Waals surface area contributed by atoms with Gasteiger partial charge in [-0.25, -0.2) is 0 Å². The molecule has 3 N–H and O–H groups in total. The minimum atomic E-state index is -1.02. The largest absolute Gasteiger partial charge is 0.480 e. The van der Waals surface area contributed by atoms with Crippen LogP contribution in [-0.4, -0.2) is 40.5 Å². The number of ketones is 1. The molecule has 4 unspecified atom stereocenters. The molecule has 0 aromatic rings. The number of aliphatic carboxylic acids is 1. The standard InChI is InChI=1S/C29H47NO5/c1-6-19-23-14-18(31)9-11-29(23,5)22-10-12-28(4)20(7-8-21(28)25(22)26(19)34)16(2)13-17(3)27(35)30-15-24(32)33/h16-23,25,31H,6-15H2,1-5H3,(H,30,35)(H,32,33)/t16-,17+,18-,19-,20-,21?,22?,23?,25?,28-,29-/m1/s1. The number of fused-ring (bicyclic) bond motifs is 5. The smallest absolute Gasteiger partial charge is 0.322 e. The van der Waals surface area contributed by atoms with E-state index in [2.05, 4.69) is 33.0 Å². The summed E-state index contributed by atoms with van der Waals surface area (Å²) in [5, 5.41) is 21.8. The van der Waals surface area contributed by atoms with Gasteiger partial charge in [-0.05, 0) is 98.2 Å². The minimum absolute atomic E-state index is 0.0768. The first-order chi connectivity index (χ1) is 16.4. The number of hydrogen-bond acceptors (Lipinski definition) is 4. The summed E-state index contributed by atoms with van der Waals surface area (Å²) in [7, 11) is 0. The van der Waals surface area contributed by atoms with E-state index in [0.717, 1.165) is 57.8 Å². The van der Waals surface area contributed by atoms with Crippen LogP contribution < -0.4 is 5.32 Å². The summed E-state index contributed by atoms with van der Waals surface area (Å²) in [5.41, 5.74) is 0.267. The molecule has 0 heterocycles. The molecule has 4 rings (SSSR count). The average molecular weight is 490 g/mol. The first-order valence-corrected chi connectivity index (χ1v) is 14.1. The number of nitrogens with one attached hydrogen (secondary N) is 1. The molecule has 0 radical (unpaired) electrons. The molecule has 6 heteroatoms. The SMILES string of the molecule is CC[C@H]1C(=O)C2C(CC[C@@]3(C)C2CC[C@@H]3[C@H](C)C[C@H](C)C(=O)NCC(=O)O)[C@@]2(C)CC[C@@H](O)CC12. The molecule has 4 saturated carbocycles. The molecule has 4 aliphatic carbocycles. The first-order valence-electron chi connectivity index (χ1n) is 14.1. The summed E-state index contributed by atoms with van der Waals surface area (Å²) in [5.74, 6) is 1.26. The van der Waals surface area contributed by atoms with Crippen molar-refractivity contribution in [2.75, 3.05) is 6.54 Å². The fraction of sp³-hybridized carbons (Fsp3) is 0.897. The van der Waals surface area contributed by atoms with Gasteiger partial charge in [0.1, 0.15) is 12.3 Å². The highest BCUT2D eigenvalue weighted by atomic mass is 16.4. The minimum Gasteiger partial charge on any atom is -0.480 e. The number of carboxylic acid groups (broad SMARTS) is 1. The van der Waals surface area contributed by atoms with Gasteiger partial charge in [0.05, 0.1) is 6.10 Å². The van der Waals surface area contributed by atoms with Crippen LogP contribution in [0.4, 0.5) is 0 Å². The lowest BCUT2D eigenvalue weighted by atomic mass is 9.42. The zero-order valence-electron chi connectivity index (χ0n) is 22.4. The number of aliphatic hydroxyl groups excluding tert-OH is 1. The highest BCUT2D eigenvalue weighted by Gasteiger charge is 2.65. The molecule has 0 aromatic carbocycles. The predicted molar refractivity (Wildman–Crippen MR) is 134 cm³/mol. The van der Waals surface area contributed by atoms with Gasteiger partial charge in [0.25, 0.3) is 0 Å². The second kappa shape index (κ2) is 9.79. The lowest BCUT2D eigenvalue weighted by Crippen LogP contribution is -2.60. The van der Waals surface area contributed by atoms with Crippen LogP contribution >= 0.6 is 0 Å². The van der Waals surface area contributed by atoms with Crippen molar-refractivity contribution >= 4 is 17.7 Å². The Bertz CT molecular complexity index is 843. The molecular formula is C29H47NO5. The van der Waals surface area contributed by atoms with Gasteiger partial charge >= 0.3 is 5.97 Å². The van der Waals surface area contributed by atoms with E-state index >= 15 is 0 Å². The third kappa shape index (κ3) is 4.46. The van der Waals surface area contributed by atoms with Crippen LogP contribution in [0.5, 0.6) is 0 Å². The first kappa shape index (κ1) is 26.6. The van der Waals surface area contributed by atoms with Gasteiger partial charge in [0.15, 0.2) is 0 Å². The fourth-order valence-electron chi connectivity index (χ4n) is 9.78. The van der Waals surface area contributed by atoms with Crippen molar-refractivity contribution in [3.63, 3.8) is 0 Å². The molecule has 11 atom stereocenters. The Hall–Kier alpha value is -1.43. The van der Waals surface area contributed by atoms with E-state index in [1.807, 2.05) is 6.92 Å². The molecule has 4 fully saturated rings. The van der Waals surface area contributed by atoms with E-state index in [4.69, 9.17) is 5.11 Å². The van der Waals surface area contributed by atoms with E-state index in [9.17, 15) is 19.5 Å².